The summed E-state index contributed by atoms with van der Waals surface area (Å²) in [6, 6.07) is -0.0649. The maximum Gasteiger partial charge on any atom is 0.325 e. The van der Waals surface area contributed by atoms with Gasteiger partial charge in [0.25, 0.3) is 0 Å². The Balaban J connectivity index is 0. The van der Waals surface area contributed by atoms with E-state index in [0.29, 0.717) is 5.13 Å². The number of carbonyl (C=O) groups is 1. The molecule has 1 aromatic rings. The molecule has 1 heterocycles. The summed E-state index contributed by atoms with van der Waals surface area (Å²) in [7, 11) is 5.14. The third-order valence-electron chi connectivity index (χ3n) is 1.38. The molecule has 4 nitrogen and oxygen atoms in total. The Hall–Kier alpha value is -1.10. The van der Waals surface area contributed by atoms with E-state index in [1.54, 1.807) is 27.3 Å². The van der Waals surface area contributed by atoms with Crippen LogP contribution >= 0.6 is 11.3 Å². The minimum absolute atomic E-state index is 0.0649. The van der Waals surface area contributed by atoms with Gasteiger partial charge in [-0.1, -0.05) is 34.1 Å². The molecule has 0 fully saturated rings. The maximum absolute atomic E-state index is 11.4. The second-order valence-electron chi connectivity index (χ2n) is 3.26. The lowest BCUT2D eigenvalue weighted by Gasteiger charge is -2.18. The van der Waals surface area contributed by atoms with Gasteiger partial charge in [0.1, 0.15) is 0 Å². The minimum atomic E-state index is -0.0649. The van der Waals surface area contributed by atoms with E-state index in [4.69, 9.17) is 0 Å². The number of anilines is 1. The normalized spacial score (nSPS) is 8.18. The van der Waals surface area contributed by atoms with Crippen molar-refractivity contribution < 1.29 is 4.79 Å². The predicted octanol–water partition coefficient (Wildman–Crippen LogP) is 3.70. The highest BCUT2D eigenvalue weighted by Crippen LogP contribution is 2.15. The highest BCUT2D eigenvalue weighted by atomic mass is 32.1. The molecular weight excluding hydrogens is 234 g/mol. The van der Waals surface area contributed by atoms with E-state index in [0.717, 1.165) is 0 Å². The van der Waals surface area contributed by atoms with Gasteiger partial charge in [-0.25, -0.2) is 9.78 Å². The molecular formula is C12H25N3OS. The van der Waals surface area contributed by atoms with E-state index in [9.17, 15) is 4.79 Å². The lowest BCUT2D eigenvalue weighted by molar-refractivity contribution is 0.225. The van der Waals surface area contributed by atoms with Crippen LogP contribution in [0, 0.1) is 0 Å². The lowest BCUT2D eigenvalue weighted by atomic mass is 10.6. The number of rotatable bonds is 1. The van der Waals surface area contributed by atoms with Crippen molar-refractivity contribution in [3.05, 3.63) is 11.6 Å². The van der Waals surface area contributed by atoms with Crippen molar-refractivity contribution in [1.29, 1.82) is 0 Å². The van der Waals surface area contributed by atoms with Crippen molar-refractivity contribution >= 4 is 22.5 Å². The number of amides is 2. The molecule has 0 saturated carbocycles. The molecule has 17 heavy (non-hydrogen) atoms. The Morgan fingerprint density at radius 3 is 2.06 bits per heavy atom. The van der Waals surface area contributed by atoms with Crippen LogP contribution in [0.5, 0.6) is 0 Å². The van der Waals surface area contributed by atoms with E-state index in [1.165, 1.54) is 27.6 Å². The van der Waals surface area contributed by atoms with Gasteiger partial charge < -0.3 is 4.90 Å². The van der Waals surface area contributed by atoms with E-state index in [-0.39, 0.29) is 6.03 Å². The van der Waals surface area contributed by atoms with Crippen LogP contribution in [0.3, 0.4) is 0 Å². The first-order valence-corrected chi connectivity index (χ1v) is 6.77. The third kappa shape index (κ3) is 7.74. The number of thiazole rings is 1. The van der Waals surface area contributed by atoms with Gasteiger partial charge in [-0.15, -0.1) is 11.3 Å². The Morgan fingerprint density at radius 1 is 1.29 bits per heavy atom. The summed E-state index contributed by atoms with van der Waals surface area (Å²) in [5, 5.41) is 2.56. The van der Waals surface area contributed by atoms with Gasteiger partial charge in [0.15, 0.2) is 5.13 Å². The quantitative estimate of drug-likeness (QED) is 0.771. The number of aromatic nitrogens is 1. The van der Waals surface area contributed by atoms with E-state index in [1.807, 2.05) is 19.2 Å². The maximum atomic E-state index is 11.4. The predicted molar refractivity (Wildman–Crippen MR) is 76.9 cm³/mol. The Morgan fingerprint density at radius 2 is 1.76 bits per heavy atom. The van der Waals surface area contributed by atoms with Gasteiger partial charge in [-0.3, -0.25) is 4.90 Å². The van der Waals surface area contributed by atoms with Gasteiger partial charge >= 0.3 is 6.03 Å². The fourth-order valence-corrected chi connectivity index (χ4v) is 1.36. The van der Waals surface area contributed by atoms with Crippen molar-refractivity contribution in [3.8, 4) is 0 Å². The lowest BCUT2D eigenvalue weighted by Crippen LogP contribution is -2.36. The van der Waals surface area contributed by atoms with Crippen molar-refractivity contribution in [2.75, 3.05) is 26.0 Å². The van der Waals surface area contributed by atoms with Crippen molar-refractivity contribution in [2.24, 2.45) is 0 Å². The molecule has 5 heteroatoms. The molecule has 0 bridgehead atoms. The first-order valence-electron chi connectivity index (χ1n) is 5.89. The van der Waals surface area contributed by atoms with Gasteiger partial charge in [0.2, 0.25) is 0 Å². The zero-order valence-electron chi connectivity index (χ0n) is 12.0. The summed E-state index contributed by atoms with van der Waals surface area (Å²) in [4.78, 5) is 18.4. The zero-order valence-corrected chi connectivity index (χ0v) is 12.8. The Labute approximate surface area is 109 Å². The molecule has 1 rings (SSSR count). The van der Waals surface area contributed by atoms with Crippen molar-refractivity contribution in [2.45, 2.75) is 34.1 Å². The smallest absolute Gasteiger partial charge is 0.325 e. The summed E-state index contributed by atoms with van der Waals surface area (Å²) in [6.07, 6.45) is 2.93. The molecule has 0 aromatic carbocycles. The number of hydrogen-bond acceptors (Lipinski definition) is 3. The Kier molecular flexibility index (Phi) is 12.2. The number of nitrogens with zero attached hydrogens (tertiary/aromatic N) is 3. The topological polar surface area (TPSA) is 36.4 Å². The second kappa shape index (κ2) is 11.4. The molecule has 0 unspecified atom stereocenters. The largest absolute Gasteiger partial charge is 0.330 e. The summed E-state index contributed by atoms with van der Waals surface area (Å²) in [5.74, 6) is 0. The number of hydrogen-bond donors (Lipinski definition) is 0. The van der Waals surface area contributed by atoms with Crippen LogP contribution in [0.1, 0.15) is 34.1 Å². The number of urea groups is 1. The van der Waals surface area contributed by atoms with Crippen LogP contribution in [0.2, 0.25) is 0 Å². The van der Waals surface area contributed by atoms with Crippen molar-refractivity contribution in [1.82, 2.24) is 9.88 Å². The fourth-order valence-electron chi connectivity index (χ4n) is 0.763. The highest BCUT2D eigenvalue weighted by molar-refractivity contribution is 7.13. The van der Waals surface area contributed by atoms with Gasteiger partial charge in [0.05, 0.1) is 0 Å². The first-order chi connectivity index (χ1) is 8.04. The van der Waals surface area contributed by atoms with Gasteiger partial charge in [-0.2, -0.15) is 0 Å². The SMILES string of the molecule is CC.CCC.CN(C)C(=O)N(C)c1nccs1. The molecule has 0 aliphatic rings. The summed E-state index contributed by atoms with van der Waals surface area (Å²) in [5.41, 5.74) is 0. The molecule has 0 atom stereocenters. The molecule has 2 amide bonds. The van der Waals surface area contributed by atoms with Crippen LogP contribution in [-0.4, -0.2) is 37.1 Å². The molecule has 0 saturated heterocycles. The zero-order chi connectivity index (χ0) is 13.8. The third-order valence-corrected chi connectivity index (χ3v) is 2.22. The summed E-state index contributed by atoms with van der Waals surface area (Å²) >= 11 is 1.44. The minimum Gasteiger partial charge on any atom is -0.330 e. The van der Waals surface area contributed by atoms with E-state index >= 15 is 0 Å². The van der Waals surface area contributed by atoms with Gasteiger partial charge in [0, 0.05) is 32.7 Å². The average Bonchev–Trinajstić information content (AvgIpc) is 2.84. The van der Waals surface area contributed by atoms with Crippen LogP contribution in [0.15, 0.2) is 11.6 Å². The Bertz CT molecular complexity index is 273. The van der Waals surface area contributed by atoms with Crippen LogP contribution in [0.25, 0.3) is 0 Å². The first kappa shape index (κ1) is 18.3. The molecule has 0 aliphatic heterocycles. The second-order valence-corrected chi connectivity index (χ2v) is 4.13. The molecule has 0 aliphatic carbocycles. The fraction of sp³-hybridized carbons (Fsp3) is 0.667. The van der Waals surface area contributed by atoms with Crippen molar-refractivity contribution in [3.63, 3.8) is 0 Å². The van der Waals surface area contributed by atoms with Crippen LogP contribution < -0.4 is 4.90 Å². The summed E-state index contributed by atoms with van der Waals surface area (Å²) in [6.45, 7) is 8.25. The molecule has 0 spiro atoms. The molecule has 0 N–H and O–H groups in total. The number of carbonyl (C=O) groups excluding carboxylic acids is 1. The average molecular weight is 259 g/mol. The molecule has 100 valence electrons. The van der Waals surface area contributed by atoms with E-state index < -0.39 is 0 Å². The van der Waals surface area contributed by atoms with Gasteiger partial charge in [-0.05, 0) is 0 Å². The molecule has 1 aromatic heterocycles. The monoisotopic (exact) mass is 259 g/mol. The molecule has 0 radical (unpaired) electrons. The summed E-state index contributed by atoms with van der Waals surface area (Å²) < 4.78 is 0. The highest BCUT2D eigenvalue weighted by Gasteiger charge is 2.13. The van der Waals surface area contributed by atoms with Crippen LogP contribution in [-0.2, 0) is 0 Å². The van der Waals surface area contributed by atoms with Crippen LogP contribution in [0.4, 0.5) is 9.93 Å². The van der Waals surface area contributed by atoms with E-state index in [2.05, 4.69) is 18.8 Å². The standard InChI is InChI=1S/C7H11N3OS.C3H8.C2H6/c1-9(2)7(11)10(3)6-8-4-5-12-6;1-3-2;1-2/h4-5H,1-3H3;3H2,1-2H3;1-2H3.